The van der Waals surface area contributed by atoms with Gasteiger partial charge in [0.05, 0.1) is 0 Å². The lowest BCUT2D eigenvalue weighted by molar-refractivity contribution is 0.211. The van der Waals surface area contributed by atoms with Crippen LogP contribution in [0.25, 0.3) is 0 Å². The van der Waals surface area contributed by atoms with Crippen molar-refractivity contribution in [1.82, 2.24) is 10.2 Å². The normalized spacial score (nSPS) is 21.6. The van der Waals surface area contributed by atoms with Gasteiger partial charge in [-0.15, -0.1) is 0 Å². The first kappa shape index (κ1) is 11.2. The zero-order valence-electron chi connectivity index (χ0n) is 9.13. The van der Waals surface area contributed by atoms with E-state index in [1.165, 1.54) is 12.8 Å². The van der Waals surface area contributed by atoms with Gasteiger partial charge in [0.1, 0.15) is 5.82 Å². The van der Waals surface area contributed by atoms with Crippen molar-refractivity contribution in [3.8, 4) is 0 Å². The van der Waals surface area contributed by atoms with Crippen molar-refractivity contribution >= 4 is 6.72 Å². The van der Waals surface area contributed by atoms with Crippen LogP contribution < -0.4 is 5.32 Å². The molecule has 0 saturated carbocycles. The van der Waals surface area contributed by atoms with Gasteiger partial charge in [-0.25, -0.2) is 4.99 Å². The molecule has 80 valence electrons. The highest BCUT2D eigenvalue weighted by Crippen LogP contribution is 2.15. The molecule has 0 aromatic carbocycles. The fourth-order valence-electron chi connectivity index (χ4n) is 1.95. The maximum atomic E-state index is 3.94. The summed E-state index contributed by atoms with van der Waals surface area (Å²) in [5.74, 6) is 0.820. The molecular formula is C11H21N3. The second-order valence-corrected chi connectivity index (χ2v) is 3.77. The molecule has 1 unspecified atom stereocenters. The topological polar surface area (TPSA) is 27.6 Å². The Morgan fingerprint density at radius 1 is 1.64 bits per heavy atom. The van der Waals surface area contributed by atoms with E-state index in [9.17, 15) is 0 Å². The summed E-state index contributed by atoms with van der Waals surface area (Å²) in [7, 11) is 0. The van der Waals surface area contributed by atoms with E-state index in [0.717, 1.165) is 31.9 Å². The maximum absolute atomic E-state index is 3.94. The van der Waals surface area contributed by atoms with Gasteiger partial charge in [-0.05, 0) is 32.5 Å². The number of hydrogen-bond acceptors (Lipinski definition) is 3. The lowest BCUT2D eigenvalue weighted by Gasteiger charge is -2.35. The Bertz CT molecular complexity index is 195. The largest absolute Gasteiger partial charge is 0.353 e. The number of aliphatic imine (C=N–C) groups is 1. The highest BCUT2D eigenvalue weighted by molar-refractivity contribution is 5.27. The minimum atomic E-state index is 0.557. The molecule has 0 aromatic rings. The Balaban J connectivity index is 2.55. The van der Waals surface area contributed by atoms with Gasteiger partial charge < -0.3 is 10.2 Å². The van der Waals surface area contributed by atoms with Crippen LogP contribution in [0.3, 0.4) is 0 Å². The third-order valence-corrected chi connectivity index (χ3v) is 2.69. The van der Waals surface area contributed by atoms with Crippen LogP contribution in [0.4, 0.5) is 0 Å². The van der Waals surface area contributed by atoms with Gasteiger partial charge in [-0.1, -0.05) is 13.5 Å². The fraction of sp³-hybridized carbons (Fsp3) is 0.727. The highest BCUT2D eigenvalue weighted by Gasteiger charge is 2.20. The first-order valence-electron chi connectivity index (χ1n) is 5.42. The summed E-state index contributed by atoms with van der Waals surface area (Å²) in [5.41, 5.74) is 0. The van der Waals surface area contributed by atoms with Crippen LogP contribution >= 0.6 is 0 Å². The van der Waals surface area contributed by atoms with E-state index in [2.05, 4.69) is 35.4 Å². The van der Waals surface area contributed by atoms with E-state index >= 15 is 0 Å². The van der Waals surface area contributed by atoms with E-state index in [0.29, 0.717) is 6.04 Å². The predicted molar refractivity (Wildman–Crippen MR) is 61.6 cm³/mol. The summed E-state index contributed by atoms with van der Waals surface area (Å²) in [4.78, 5) is 6.21. The lowest BCUT2D eigenvalue weighted by Crippen LogP contribution is -2.45. The summed E-state index contributed by atoms with van der Waals surface area (Å²) in [6, 6.07) is 0.557. The monoisotopic (exact) mass is 195 g/mol. The zero-order valence-corrected chi connectivity index (χ0v) is 9.13. The van der Waals surface area contributed by atoms with Gasteiger partial charge in [0.25, 0.3) is 0 Å². The van der Waals surface area contributed by atoms with Crippen molar-refractivity contribution in [3.05, 3.63) is 12.4 Å². The Kier molecular flexibility index (Phi) is 4.66. The SMILES string of the molecule is C=NC(=C)N(CCC)C1CCCNC1. The van der Waals surface area contributed by atoms with Crippen molar-refractivity contribution in [3.63, 3.8) is 0 Å². The number of nitrogens with one attached hydrogen (secondary N) is 1. The van der Waals surface area contributed by atoms with Crippen molar-refractivity contribution in [2.24, 2.45) is 4.99 Å². The molecule has 3 heteroatoms. The lowest BCUT2D eigenvalue weighted by atomic mass is 10.1. The van der Waals surface area contributed by atoms with Crippen LogP contribution in [0.1, 0.15) is 26.2 Å². The van der Waals surface area contributed by atoms with Crippen LogP contribution in [0.5, 0.6) is 0 Å². The van der Waals surface area contributed by atoms with E-state index in [4.69, 9.17) is 0 Å². The van der Waals surface area contributed by atoms with E-state index < -0.39 is 0 Å². The molecule has 1 saturated heterocycles. The van der Waals surface area contributed by atoms with Crippen LogP contribution in [-0.2, 0) is 0 Å². The number of piperidine rings is 1. The van der Waals surface area contributed by atoms with Crippen molar-refractivity contribution in [2.75, 3.05) is 19.6 Å². The second kappa shape index (κ2) is 5.81. The second-order valence-electron chi connectivity index (χ2n) is 3.77. The minimum absolute atomic E-state index is 0.557. The zero-order chi connectivity index (χ0) is 10.4. The van der Waals surface area contributed by atoms with Gasteiger partial charge in [-0.2, -0.15) is 0 Å². The summed E-state index contributed by atoms with van der Waals surface area (Å²) in [6.07, 6.45) is 3.61. The quantitative estimate of drug-likeness (QED) is 0.675. The molecule has 1 fully saturated rings. The molecule has 0 spiro atoms. The summed E-state index contributed by atoms with van der Waals surface area (Å²) in [6.45, 7) is 12.9. The van der Waals surface area contributed by atoms with Gasteiger partial charge in [0, 0.05) is 19.1 Å². The molecule has 0 amide bonds. The molecule has 1 heterocycles. The molecule has 0 aliphatic carbocycles. The van der Waals surface area contributed by atoms with E-state index in [1.807, 2.05) is 0 Å². The molecule has 3 nitrogen and oxygen atoms in total. The highest BCUT2D eigenvalue weighted by atomic mass is 15.2. The average Bonchev–Trinajstić information content (AvgIpc) is 2.26. The van der Waals surface area contributed by atoms with E-state index in [-0.39, 0.29) is 0 Å². The first-order chi connectivity index (χ1) is 6.79. The minimum Gasteiger partial charge on any atom is -0.353 e. The fourth-order valence-corrected chi connectivity index (χ4v) is 1.95. The van der Waals surface area contributed by atoms with E-state index in [1.54, 1.807) is 0 Å². The smallest absolute Gasteiger partial charge is 0.120 e. The van der Waals surface area contributed by atoms with Crippen molar-refractivity contribution < 1.29 is 0 Å². The standard InChI is InChI=1S/C11H21N3/c1-4-8-14(10(2)12-3)11-6-5-7-13-9-11/h11,13H,2-9H2,1H3. The average molecular weight is 195 g/mol. The van der Waals surface area contributed by atoms with Gasteiger partial charge in [0.2, 0.25) is 0 Å². The number of rotatable bonds is 5. The third kappa shape index (κ3) is 2.84. The Hall–Kier alpha value is -0.830. The molecule has 0 aromatic heterocycles. The molecule has 1 N–H and O–H groups in total. The molecule has 1 aliphatic rings. The Labute approximate surface area is 86.9 Å². The van der Waals surface area contributed by atoms with Crippen LogP contribution in [0.2, 0.25) is 0 Å². The molecule has 1 atom stereocenters. The van der Waals surface area contributed by atoms with Gasteiger partial charge in [-0.3, -0.25) is 0 Å². The van der Waals surface area contributed by atoms with Crippen molar-refractivity contribution in [1.29, 1.82) is 0 Å². The number of nitrogens with zero attached hydrogens (tertiary/aromatic N) is 2. The summed E-state index contributed by atoms with van der Waals surface area (Å²) < 4.78 is 0. The van der Waals surface area contributed by atoms with Crippen molar-refractivity contribution in [2.45, 2.75) is 32.2 Å². The van der Waals surface area contributed by atoms with Crippen LogP contribution in [-0.4, -0.2) is 37.3 Å². The van der Waals surface area contributed by atoms with Crippen LogP contribution in [0, 0.1) is 0 Å². The first-order valence-corrected chi connectivity index (χ1v) is 5.42. The molecule has 1 aliphatic heterocycles. The Morgan fingerprint density at radius 2 is 2.43 bits per heavy atom. The predicted octanol–water partition coefficient (Wildman–Crippen LogP) is 1.62. The summed E-state index contributed by atoms with van der Waals surface area (Å²) >= 11 is 0. The molecule has 1 rings (SSSR count). The maximum Gasteiger partial charge on any atom is 0.120 e. The number of hydrogen-bond donors (Lipinski definition) is 1. The Morgan fingerprint density at radius 3 is 2.93 bits per heavy atom. The van der Waals surface area contributed by atoms with Gasteiger partial charge in [0.15, 0.2) is 0 Å². The molecular weight excluding hydrogens is 174 g/mol. The summed E-state index contributed by atoms with van der Waals surface area (Å²) in [5, 5.41) is 3.41. The molecule has 14 heavy (non-hydrogen) atoms. The molecule has 0 bridgehead atoms. The molecule has 0 radical (unpaired) electrons. The third-order valence-electron chi connectivity index (χ3n) is 2.69. The van der Waals surface area contributed by atoms with Gasteiger partial charge >= 0.3 is 0 Å². The van der Waals surface area contributed by atoms with Crippen LogP contribution in [0.15, 0.2) is 17.4 Å².